The van der Waals surface area contributed by atoms with E-state index in [-0.39, 0.29) is 17.1 Å². The summed E-state index contributed by atoms with van der Waals surface area (Å²) >= 11 is 0. The largest absolute Gasteiger partial charge is 0.451 e. The van der Waals surface area contributed by atoms with Gasteiger partial charge in [0, 0.05) is 5.56 Å². The lowest BCUT2D eigenvalue weighted by molar-refractivity contribution is -0.137. The summed E-state index contributed by atoms with van der Waals surface area (Å²) in [6, 6.07) is 6.99. The van der Waals surface area contributed by atoms with Crippen LogP contribution in [-0.4, -0.2) is 26.5 Å². The molecule has 2 aromatic rings. The highest BCUT2D eigenvalue weighted by atomic mass is 32.2. The van der Waals surface area contributed by atoms with Crippen LogP contribution in [0.15, 0.2) is 46.0 Å². The van der Waals surface area contributed by atoms with Crippen LogP contribution in [0.25, 0.3) is 11.3 Å². The molecule has 26 heavy (non-hydrogen) atoms. The lowest BCUT2D eigenvalue weighted by atomic mass is 10.1. The summed E-state index contributed by atoms with van der Waals surface area (Å²) < 4.78 is 69.8. The summed E-state index contributed by atoms with van der Waals surface area (Å²) in [4.78, 5) is 11.9. The van der Waals surface area contributed by atoms with Crippen molar-refractivity contribution in [3.8, 4) is 11.3 Å². The van der Waals surface area contributed by atoms with Gasteiger partial charge < -0.3 is 10.2 Å². The van der Waals surface area contributed by atoms with Gasteiger partial charge in [0.05, 0.1) is 11.8 Å². The van der Waals surface area contributed by atoms with Crippen molar-refractivity contribution in [2.24, 2.45) is 10.9 Å². The Kier molecular flexibility index (Phi) is 5.25. The number of alkyl halides is 3. The molecule has 0 atom stereocenters. The van der Waals surface area contributed by atoms with Gasteiger partial charge in [0.15, 0.2) is 5.76 Å². The predicted molar refractivity (Wildman–Crippen MR) is 84.2 cm³/mol. The van der Waals surface area contributed by atoms with Gasteiger partial charge in [0.1, 0.15) is 5.76 Å². The fourth-order valence-corrected chi connectivity index (χ4v) is 2.07. The smallest absolute Gasteiger partial charge is 0.417 e. The number of oxime groups is 1. The van der Waals surface area contributed by atoms with Crippen molar-refractivity contribution in [1.82, 2.24) is 5.32 Å². The molecule has 1 amide bonds. The number of rotatable bonds is 4. The fraction of sp³-hybridized carbons (Fsp3) is 0.143. The average molecular weight is 391 g/mol. The standard InChI is InChI=1S/C14H12F3N3O5S/c1-26(22,23)25-20-13(18)19-12(21)11-7-6-10(24-11)8-4-2-3-5-9(8)14(15,16)17/h2-7H,1H3,(H3,18,19,20,21). The second kappa shape index (κ2) is 7.07. The molecule has 0 aliphatic heterocycles. The van der Waals surface area contributed by atoms with Crippen molar-refractivity contribution in [3.63, 3.8) is 0 Å². The molecule has 0 bridgehead atoms. The van der Waals surface area contributed by atoms with Gasteiger partial charge in [-0.3, -0.25) is 14.4 Å². The van der Waals surface area contributed by atoms with Gasteiger partial charge in [0.25, 0.3) is 5.91 Å². The molecule has 12 heteroatoms. The zero-order chi connectivity index (χ0) is 19.5. The van der Waals surface area contributed by atoms with E-state index in [9.17, 15) is 26.4 Å². The van der Waals surface area contributed by atoms with Crippen LogP contribution in [0.1, 0.15) is 16.1 Å². The Labute approximate surface area is 145 Å². The van der Waals surface area contributed by atoms with Crippen LogP contribution in [-0.2, 0) is 20.6 Å². The van der Waals surface area contributed by atoms with Gasteiger partial charge in [-0.25, -0.2) is 0 Å². The number of carbonyl (C=O) groups excluding carboxylic acids is 1. The Morgan fingerprint density at radius 1 is 1.23 bits per heavy atom. The number of benzene rings is 1. The number of nitrogens with zero attached hydrogens (tertiary/aromatic N) is 1. The van der Waals surface area contributed by atoms with Crippen LogP contribution < -0.4 is 11.1 Å². The number of halogens is 3. The monoisotopic (exact) mass is 391 g/mol. The van der Waals surface area contributed by atoms with E-state index in [1.165, 1.54) is 24.3 Å². The number of furan rings is 1. The van der Waals surface area contributed by atoms with Gasteiger partial charge in [-0.15, -0.1) is 0 Å². The Balaban J connectivity index is 2.22. The molecule has 0 radical (unpaired) electrons. The first-order valence-corrected chi connectivity index (χ1v) is 8.59. The third-order valence-corrected chi connectivity index (χ3v) is 3.19. The molecule has 1 aromatic heterocycles. The molecule has 8 nitrogen and oxygen atoms in total. The topological polar surface area (TPSA) is 124 Å². The van der Waals surface area contributed by atoms with E-state index in [1.807, 2.05) is 5.32 Å². The SMILES string of the molecule is CS(=O)(=O)ON=C(N)NC(=O)c1ccc(-c2ccccc2C(F)(F)F)o1. The highest BCUT2D eigenvalue weighted by Crippen LogP contribution is 2.37. The number of hydrogen-bond acceptors (Lipinski definition) is 6. The summed E-state index contributed by atoms with van der Waals surface area (Å²) in [5.41, 5.74) is 4.08. The minimum absolute atomic E-state index is 0.189. The van der Waals surface area contributed by atoms with Crippen molar-refractivity contribution < 1.29 is 35.1 Å². The molecule has 0 spiro atoms. The normalized spacial score (nSPS) is 12.7. The molecule has 1 heterocycles. The molecular formula is C14H12F3N3O5S. The van der Waals surface area contributed by atoms with E-state index in [1.54, 1.807) is 0 Å². The Hall–Kier alpha value is -3.02. The third-order valence-electron chi connectivity index (χ3n) is 2.84. The van der Waals surface area contributed by atoms with Crippen molar-refractivity contribution in [2.45, 2.75) is 6.18 Å². The van der Waals surface area contributed by atoms with Crippen molar-refractivity contribution in [3.05, 3.63) is 47.7 Å². The van der Waals surface area contributed by atoms with E-state index in [0.717, 1.165) is 12.1 Å². The molecular weight excluding hydrogens is 379 g/mol. The van der Waals surface area contributed by atoms with Crippen LogP contribution >= 0.6 is 0 Å². The zero-order valence-electron chi connectivity index (χ0n) is 13.1. The minimum Gasteiger partial charge on any atom is -0.451 e. The summed E-state index contributed by atoms with van der Waals surface area (Å²) in [5.74, 6) is -2.20. The number of hydrogen-bond donors (Lipinski definition) is 2. The van der Waals surface area contributed by atoms with E-state index in [2.05, 4.69) is 9.44 Å². The van der Waals surface area contributed by atoms with Crippen molar-refractivity contribution in [2.75, 3.05) is 6.26 Å². The van der Waals surface area contributed by atoms with E-state index < -0.39 is 33.7 Å². The Morgan fingerprint density at radius 2 is 1.88 bits per heavy atom. The molecule has 0 aliphatic rings. The lowest BCUT2D eigenvalue weighted by Crippen LogP contribution is -2.36. The number of nitrogens with two attached hydrogens (primary N) is 1. The first kappa shape index (κ1) is 19.3. The second-order valence-corrected chi connectivity index (χ2v) is 6.47. The summed E-state index contributed by atoms with van der Waals surface area (Å²) in [6.45, 7) is 0. The molecule has 2 rings (SSSR count). The molecule has 0 fully saturated rings. The zero-order valence-corrected chi connectivity index (χ0v) is 13.9. The molecule has 0 aliphatic carbocycles. The van der Waals surface area contributed by atoms with E-state index >= 15 is 0 Å². The highest BCUT2D eigenvalue weighted by molar-refractivity contribution is 7.85. The van der Waals surface area contributed by atoms with Crippen LogP contribution in [0, 0.1) is 0 Å². The van der Waals surface area contributed by atoms with Gasteiger partial charge >= 0.3 is 16.3 Å². The maximum Gasteiger partial charge on any atom is 0.417 e. The maximum absolute atomic E-state index is 13.0. The van der Waals surface area contributed by atoms with E-state index in [4.69, 9.17) is 10.2 Å². The number of amides is 1. The summed E-state index contributed by atoms with van der Waals surface area (Å²) in [7, 11) is -3.92. The van der Waals surface area contributed by atoms with Crippen molar-refractivity contribution in [1.29, 1.82) is 0 Å². The molecule has 0 saturated carbocycles. The molecule has 1 aromatic carbocycles. The van der Waals surface area contributed by atoms with Crippen LogP contribution in [0.3, 0.4) is 0 Å². The quantitative estimate of drug-likeness (QED) is 0.466. The summed E-state index contributed by atoms with van der Waals surface area (Å²) in [5, 5.41) is 4.92. The first-order chi connectivity index (χ1) is 12.0. The van der Waals surface area contributed by atoms with Crippen molar-refractivity contribution >= 4 is 22.0 Å². The van der Waals surface area contributed by atoms with Gasteiger partial charge in [-0.1, -0.05) is 18.2 Å². The number of guanidine groups is 1. The van der Waals surface area contributed by atoms with Crippen LogP contribution in [0.5, 0.6) is 0 Å². The average Bonchev–Trinajstić information content (AvgIpc) is 3.01. The van der Waals surface area contributed by atoms with Crippen LogP contribution in [0.4, 0.5) is 13.2 Å². The first-order valence-electron chi connectivity index (χ1n) is 6.77. The Bertz CT molecular complexity index is 951. The maximum atomic E-state index is 13.0. The van der Waals surface area contributed by atoms with Gasteiger partial charge in [0.2, 0.25) is 5.96 Å². The van der Waals surface area contributed by atoms with E-state index in [0.29, 0.717) is 6.26 Å². The van der Waals surface area contributed by atoms with Crippen LogP contribution in [0.2, 0.25) is 0 Å². The Morgan fingerprint density at radius 3 is 2.50 bits per heavy atom. The van der Waals surface area contributed by atoms with Gasteiger partial charge in [-0.2, -0.15) is 21.6 Å². The molecule has 0 unspecified atom stereocenters. The van der Waals surface area contributed by atoms with Gasteiger partial charge in [-0.05, 0) is 23.4 Å². The second-order valence-electron chi connectivity index (χ2n) is 4.92. The third kappa shape index (κ3) is 4.99. The minimum atomic E-state index is -4.61. The fourth-order valence-electron chi connectivity index (χ4n) is 1.86. The molecule has 0 saturated heterocycles. The number of nitrogens with one attached hydrogen (secondary N) is 1. The summed E-state index contributed by atoms with van der Waals surface area (Å²) in [6.07, 6.45) is -3.89. The number of carbonyl (C=O) groups is 1. The predicted octanol–water partition coefficient (Wildman–Crippen LogP) is 1.90. The highest BCUT2D eigenvalue weighted by Gasteiger charge is 2.34. The molecule has 140 valence electrons. The lowest BCUT2D eigenvalue weighted by Gasteiger charge is -2.10. The molecule has 3 N–H and O–H groups in total.